The Morgan fingerprint density at radius 1 is 1.47 bits per heavy atom. The van der Waals surface area contributed by atoms with Crippen molar-refractivity contribution in [1.29, 1.82) is 0 Å². The number of nitrogens with two attached hydrogens (primary N) is 1. The fourth-order valence-electron chi connectivity index (χ4n) is 1.09. The molecule has 0 fully saturated rings. The van der Waals surface area contributed by atoms with E-state index >= 15 is 0 Å². The van der Waals surface area contributed by atoms with Gasteiger partial charge in [-0.05, 0) is 11.6 Å². The lowest BCUT2D eigenvalue weighted by Crippen LogP contribution is -2.29. The van der Waals surface area contributed by atoms with Gasteiger partial charge >= 0.3 is 0 Å². The van der Waals surface area contributed by atoms with Crippen LogP contribution in [0.25, 0.3) is 0 Å². The number of hydrogen-bond donors (Lipinski definition) is 2. The van der Waals surface area contributed by atoms with Gasteiger partial charge in [-0.3, -0.25) is 4.79 Å². The van der Waals surface area contributed by atoms with Gasteiger partial charge in [-0.15, -0.1) is 0 Å². The quantitative estimate of drug-likeness (QED) is 0.774. The van der Waals surface area contributed by atoms with Crippen molar-refractivity contribution < 1.29 is 9.18 Å². The Kier molecular flexibility index (Phi) is 3.85. The normalized spacial score (nSPS) is 9.67. The van der Waals surface area contributed by atoms with Crippen LogP contribution < -0.4 is 11.1 Å². The van der Waals surface area contributed by atoms with Crippen molar-refractivity contribution in [3.05, 3.63) is 47.9 Å². The van der Waals surface area contributed by atoms with Crippen molar-refractivity contribution >= 4 is 5.91 Å². The first-order chi connectivity index (χ1) is 7.09. The number of benzene rings is 1. The van der Waals surface area contributed by atoms with Crippen molar-refractivity contribution in [1.82, 2.24) is 5.32 Å². The van der Waals surface area contributed by atoms with Crippen molar-refractivity contribution in [2.75, 3.05) is 6.54 Å². The molecule has 0 bridgehead atoms. The summed E-state index contributed by atoms with van der Waals surface area (Å²) in [4.78, 5) is 11.3. The second-order valence-corrected chi connectivity index (χ2v) is 3.20. The lowest BCUT2D eigenvalue weighted by Gasteiger charge is -2.05. The number of hydrogen-bond acceptors (Lipinski definition) is 2. The summed E-state index contributed by atoms with van der Waals surface area (Å²) >= 11 is 0. The van der Waals surface area contributed by atoms with Crippen molar-refractivity contribution in [2.45, 2.75) is 6.42 Å². The van der Waals surface area contributed by atoms with E-state index in [2.05, 4.69) is 11.9 Å². The van der Waals surface area contributed by atoms with E-state index in [4.69, 9.17) is 5.73 Å². The second-order valence-electron chi connectivity index (χ2n) is 3.20. The Hall–Kier alpha value is -1.84. The van der Waals surface area contributed by atoms with Crippen LogP contribution in [0.4, 0.5) is 4.39 Å². The summed E-state index contributed by atoms with van der Waals surface area (Å²) in [5.74, 6) is -0.647. The molecule has 0 heterocycles. The molecule has 0 unspecified atom stereocenters. The van der Waals surface area contributed by atoms with Crippen LogP contribution in [0.5, 0.6) is 0 Å². The highest BCUT2D eigenvalue weighted by Crippen LogP contribution is 2.06. The van der Waals surface area contributed by atoms with Crippen LogP contribution in [-0.2, 0) is 11.2 Å². The van der Waals surface area contributed by atoms with Gasteiger partial charge < -0.3 is 11.1 Å². The van der Waals surface area contributed by atoms with E-state index in [1.54, 1.807) is 18.2 Å². The minimum absolute atomic E-state index is 0.0138. The fraction of sp³-hybridized carbons (Fsp3) is 0.182. The Bertz CT molecular complexity index is 377. The van der Waals surface area contributed by atoms with Crippen LogP contribution in [0, 0.1) is 5.82 Å². The molecule has 3 nitrogen and oxygen atoms in total. The summed E-state index contributed by atoms with van der Waals surface area (Å²) < 4.78 is 13.1. The molecular weight excluding hydrogens is 195 g/mol. The van der Waals surface area contributed by atoms with Crippen molar-refractivity contribution in [3.63, 3.8) is 0 Å². The molecule has 0 saturated carbocycles. The maximum Gasteiger partial charge on any atom is 0.224 e. The zero-order valence-electron chi connectivity index (χ0n) is 8.29. The average molecular weight is 208 g/mol. The predicted molar refractivity (Wildman–Crippen MR) is 56.4 cm³/mol. The number of carbonyl (C=O) groups excluding carboxylic acids is 1. The van der Waals surface area contributed by atoms with E-state index in [0.717, 1.165) is 0 Å². The second kappa shape index (κ2) is 5.14. The van der Waals surface area contributed by atoms with Crippen molar-refractivity contribution in [3.8, 4) is 0 Å². The standard InChI is InChI=1S/C11H13FN2O/c1-8(13)7-14-11(15)6-9-4-2-3-5-10(9)12/h2-5H,1,6-7,13H2,(H,14,15). The summed E-state index contributed by atoms with van der Waals surface area (Å²) in [5.41, 5.74) is 6.03. The van der Waals surface area contributed by atoms with E-state index in [9.17, 15) is 9.18 Å². The lowest BCUT2D eigenvalue weighted by atomic mass is 10.1. The fourth-order valence-corrected chi connectivity index (χ4v) is 1.09. The van der Waals surface area contributed by atoms with Crippen LogP contribution >= 0.6 is 0 Å². The first-order valence-electron chi connectivity index (χ1n) is 4.53. The number of nitrogens with one attached hydrogen (secondary N) is 1. The lowest BCUT2D eigenvalue weighted by molar-refractivity contribution is -0.120. The minimum atomic E-state index is -0.376. The molecule has 0 aromatic heterocycles. The largest absolute Gasteiger partial charge is 0.401 e. The Morgan fingerprint density at radius 3 is 2.73 bits per heavy atom. The summed E-state index contributed by atoms with van der Waals surface area (Å²) in [6.45, 7) is 3.66. The highest BCUT2D eigenvalue weighted by atomic mass is 19.1. The van der Waals surface area contributed by atoms with Gasteiger partial charge in [0.15, 0.2) is 0 Å². The Balaban J connectivity index is 2.52. The minimum Gasteiger partial charge on any atom is -0.401 e. The van der Waals surface area contributed by atoms with Gasteiger partial charge in [0, 0.05) is 5.70 Å². The summed E-state index contributed by atoms with van der Waals surface area (Å²) in [6.07, 6.45) is 0.0138. The van der Waals surface area contributed by atoms with Crippen molar-refractivity contribution in [2.24, 2.45) is 5.73 Å². The Labute approximate surface area is 87.8 Å². The molecule has 1 amide bonds. The molecule has 15 heavy (non-hydrogen) atoms. The monoisotopic (exact) mass is 208 g/mol. The van der Waals surface area contributed by atoms with E-state index in [-0.39, 0.29) is 24.7 Å². The third-order valence-corrected chi connectivity index (χ3v) is 1.82. The van der Waals surface area contributed by atoms with E-state index < -0.39 is 0 Å². The zero-order chi connectivity index (χ0) is 11.3. The van der Waals surface area contributed by atoms with Gasteiger partial charge in [-0.2, -0.15) is 0 Å². The molecule has 0 radical (unpaired) electrons. The van der Waals surface area contributed by atoms with Gasteiger partial charge in [0.1, 0.15) is 5.82 Å². The van der Waals surface area contributed by atoms with Crippen LogP contribution in [0.3, 0.4) is 0 Å². The molecule has 4 heteroatoms. The van der Waals surface area contributed by atoms with E-state index in [1.165, 1.54) is 6.07 Å². The average Bonchev–Trinajstić information content (AvgIpc) is 2.18. The van der Waals surface area contributed by atoms with Gasteiger partial charge in [0.05, 0.1) is 13.0 Å². The number of amides is 1. The van der Waals surface area contributed by atoms with Gasteiger partial charge in [-0.25, -0.2) is 4.39 Å². The molecular formula is C11H13FN2O. The predicted octanol–water partition coefficient (Wildman–Crippen LogP) is 0.957. The molecule has 0 aliphatic heterocycles. The first kappa shape index (κ1) is 11.2. The third-order valence-electron chi connectivity index (χ3n) is 1.82. The molecule has 0 spiro atoms. The SMILES string of the molecule is C=C(N)CNC(=O)Cc1ccccc1F. The van der Waals surface area contributed by atoms with E-state index in [1.807, 2.05) is 0 Å². The first-order valence-corrected chi connectivity index (χ1v) is 4.53. The zero-order valence-corrected chi connectivity index (χ0v) is 8.29. The summed E-state index contributed by atoms with van der Waals surface area (Å²) in [6, 6.07) is 6.17. The van der Waals surface area contributed by atoms with E-state index in [0.29, 0.717) is 11.3 Å². The molecule has 3 N–H and O–H groups in total. The number of carbonyl (C=O) groups is 1. The highest BCUT2D eigenvalue weighted by molar-refractivity contribution is 5.78. The molecule has 1 rings (SSSR count). The number of halogens is 1. The topological polar surface area (TPSA) is 55.1 Å². The molecule has 1 aromatic rings. The third kappa shape index (κ3) is 3.81. The molecule has 1 aromatic carbocycles. The van der Waals surface area contributed by atoms with Crippen LogP contribution in [0.2, 0.25) is 0 Å². The van der Waals surface area contributed by atoms with Crippen LogP contribution in [-0.4, -0.2) is 12.5 Å². The van der Waals surface area contributed by atoms with Gasteiger partial charge in [0.25, 0.3) is 0 Å². The molecule has 0 aliphatic rings. The highest BCUT2D eigenvalue weighted by Gasteiger charge is 2.06. The molecule has 0 atom stereocenters. The maximum absolute atomic E-state index is 13.1. The molecule has 0 saturated heterocycles. The summed E-state index contributed by atoms with van der Waals surface area (Å²) in [7, 11) is 0. The van der Waals surface area contributed by atoms with Crippen LogP contribution in [0.1, 0.15) is 5.56 Å². The number of rotatable bonds is 4. The van der Waals surface area contributed by atoms with Gasteiger partial charge in [0.2, 0.25) is 5.91 Å². The maximum atomic E-state index is 13.1. The Morgan fingerprint density at radius 2 is 2.13 bits per heavy atom. The smallest absolute Gasteiger partial charge is 0.224 e. The summed E-state index contributed by atoms with van der Waals surface area (Å²) in [5, 5.41) is 2.53. The molecule has 0 aliphatic carbocycles. The van der Waals surface area contributed by atoms with Crippen LogP contribution in [0.15, 0.2) is 36.5 Å². The molecule has 80 valence electrons. The van der Waals surface area contributed by atoms with Gasteiger partial charge in [-0.1, -0.05) is 24.8 Å².